The van der Waals surface area contributed by atoms with Crippen molar-refractivity contribution >= 4 is 5.97 Å². The van der Waals surface area contributed by atoms with Gasteiger partial charge in [-0.15, -0.1) is 0 Å². The highest BCUT2D eigenvalue weighted by Crippen LogP contribution is 2.41. The molecule has 3 aliphatic rings. The molecule has 0 aromatic heterocycles. The van der Waals surface area contributed by atoms with Gasteiger partial charge in [0.2, 0.25) is 0 Å². The molecule has 0 aromatic rings. The van der Waals surface area contributed by atoms with Gasteiger partial charge in [-0.2, -0.15) is 0 Å². The molecule has 0 saturated carbocycles. The first-order valence-corrected chi connectivity index (χ1v) is 20.8. The van der Waals surface area contributed by atoms with Crippen molar-refractivity contribution in [1.29, 1.82) is 0 Å². The zero-order valence-corrected chi connectivity index (χ0v) is 36.8. The maximum Gasteiger partial charge on any atom is 0.311 e. The van der Waals surface area contributed by atoms with Gasteiger partial charge in [0, 0.05) is 44.7 Å². The summed E-state index contributed by atoms with van der Waals surface area (Å²) in [7, 11) is 7.26. The van der Waals surface area contributed by atoms with Crippen molar-refractivity contribution in [1.82, 2.24) is 9.80 Å². The fourth-order valence-electron chi connectivity index (χ4n) is 9.33. The number of aliphatic hydroxyl groups excluding tert-OH is 2. The Bertz CT molecular complexity index is 1210. The molecule has 15 nitrogen and oxygen atoms in total. The summed E-state index contributed by atoms with van der Waals surface area (Å²) in [6.45, 7) is 19.5. The van der Waals surface area contributed by atoms with E-state index in [1.165, 1.54) is 6.92 Å². The van der Waals surface area contributed by atoms with E-state index in [0.29, 0.717) is 32.5 Å². The van der Waals surface area contributed by atoms with Crippen LogP contribution < -0.4 is 5.73 Å². The van der Waals surface area contributed by atoms with Crippen molar-refractivity contribution in [2.75, 3.05) is 47.9 Å². The van der Waals surface area contributed by atoms with Crippen LogP contribution in [-0.4, -0.2) is 174 Å². The van der Waals surface area contributed by atoms with Gasteiger partial charge in [-0.05, 0) is 108 Å². The molecule has 3 fully saturated rings. The van der Waals surface area contributed by atoms with Gasteiger partial charge in [0.15, 0.2) is 12.6 Å². The molecule has 0 unspecified atom stereocenters. The second-order valence-electron chi connectivity index (χ2n) is 18.2. The van der Waals surface area contributed by atoms with E-state index in [2.05, 4.69) is 0 Å². The molecule has 3 saturated heterocycles. The number of nitrogens with two attached hydrogens (primary N) is 1. The van der Waals surface area contributed by atoms with Crippen LogP contribution >= 0.6 is 0 Å². The Labute approximate surface area is 336 Å². The van der Waals surface area contributed by atoms with Crippen molar-refractivity contribution in [2.24, 2.45) is 23.5 Å². The number of esters is 1. The van der Waals surface area contributed by atoms with Gasteiger partial charge in [0.05, 0.1) is 41.5 Å². The quantitative estimate of drug-likeness (QED) is 0.151. The number of methoxy groups -OCH3 is 1. The van der Waals surface area contributed by atoms with Gasteiger partial charge in [-0.3, -0.25) is 4.79 Å². The van der Waals surface area contributed by atoms with Crippen molar-refractivity contribution in [3.05, 3.63) is 0 Å². The average Bonchev–Trinajstić information content (AvgIpc) is 3.11. The highest BCUT2D eigenvalue weighted by atomic mass is 16.7. The van der Waals surface area contributed by atoms with Gasteiger partial charge < -0.3 is 69.1 Å². The SMILES string of the molecule is CC[C@H]1OC(=O)[C@H](C)[C@@H](O[C@H]2C[C@@](C)(OC)[C@@H](OCCCN)[C@H](C)O2)[C@H](C)[C@@H](O[C@@H]2O[C@H](C)C[C@H](N(C)C)[C@H]2O)[C@](C)(O)C[C@@H](C)CN(C)[C@H](C)[C@@H](O)[C@]1(C)O. The van der Waals surface area contributed by atoms with Crippen LogP contribution in [0.25, 0.3) is 0 Å². The van der Waals surface area contributed by atoms with Crippen LogP contribution in [0.15, 0.2) is 0 Å². The zero-order valence-electron chi connectivity index (χ0n) is 36.8. The smallest absolute Gasteiger partial charge is 0.311 e. The molecular formula is C41H79N3O12. The lowest BCUT2D eigenvalue weighted by Crippen LogP contribution is -2.61. The van der Waals surface area contributed by atoms with Gasteiger partial charge in [-0.25, -0.2) is 0 Å². The Morgan fingerprint density at radius 2 is 1.62 bits per heavy atom. The summed E-state index contributed by atoms with van der Waals surface area (Å²) in [6, 6.07) is -0.802. The molecule has 6 N–H and O–H groups in total. The Balaban J connectivity index is 2.16. The number of carbonyl (C=O) groups is 1. The van der Waals surface area contributed by atoms with Gasteiger partial charge in [-0.1, -0.05) is 20.8 Å². The summed E-state index contributed by atoms with van der Waals surface area (Å²) >= 11 is 0. The van der Waals surface area contributed by atoms with E-state index in [-0.39, 0.29) is 37.3 Å². The number of cyclic esters (lactones) is 1. The van der Waals surface area contributed by atoms with Crippen LogP contribution in [0.1, 0.15) is 101 Å². The third-order valence-electron chi connectivity index (χ3n) is 12.8. The molecule has 0 bridgehead atoms. The monoisotopic (exact) mass is 806 g/mol. The van der Waals surface area contributed by atoms with Crippen LogP contribution in [-0.2, 0) is 38.0 Å². The third-order valence-corrected chi connectivity index (χ3v) is 12.8. The van der Waals surface area contributed by atoms with Crippen molar-refractivity contribution in [3.63, 3.8) is 0 Å². The molecular weight excluding hydrogens is 726 g/mol. The van der Waals surface area contributed by atoms with Crippen LogP contribution in [0, 0.1) is 17.8 Å². The van der Waals surface area contributed by atoms with Crippen LogP contribution in [0.5, 0.6) is 0 Å². The predicted octanol–water partition coefficient (Wildman–Crippen LogP) is 2.27. The molecule has 15 heteroatoms. The highest BCUT2D eigenvalue weighted by molar-refractivity contribution is 5.73. The molecule has 3 aliphatic heterocycles. The van der Waals surface area contributed by atoms with E-state index in [1.54, 1.807) is 27.9 Å². The number of hydrogen-bond acceptors (Lipinski definition) is 15. The molecule has 0 aromatic carbocycles. The van der Waals surface area contributed by atoms with Crippen LogP contribution in [0.2, 0.25) is 0 Å². The Morgan fingerprint density at radius 3 is 2.20 bits per heavy atom. The highest BCUT2D eigenvalue weighted by Gasteiger charge is 2.53. The van der Waals surface area contributed by atoms with E-state index in [0.717, 1.165) is 0 Å². The minimum atomic E-state index is -1.80. The molecule has 3 rings (SSSR count). The van der Waals surface area contributed by atoms with Gasteiger partial charge in [0.25, 0.3) is 0 Å². The molecule has 0 spiro atoms. The first-order valence-electron chi connectivity index (χ1n) is 20.8. The summed E-state index contributed by atoms with van der Waals surface area (Å²) in [5, 5.41) is 47.6. The first kappa shape index (κ1) is 49.3. The number of likely N-dealkylation sites (N-methyl/N-ethyl adjacent to an activating group) is 2. The van der Waals surface area contributed by atoms with E-state index in [9.17, 15) is 25.2 Å². The van der Waals surface area contributed by atoms with E-state index in [1.807, 2.05) is 72.5 Å². The lowest BCUT2D eigenvalue weighted by molar-refractivity contribution is -0.320. The molecule has 3 heterocycles. The van der Waals surface area contributed by atoms with Crippen molar-refractivity contribution < 1.29 is 58.4 Å². The minimum Gasteiger partial charge on any atom is -0.459 e. The number of aliphatic hydroxyl groups is 4. The standard InChI is InChI=1S/C41H79N3O12/c1-15-30-41(10,49)34(46)27(6)44(13)22-23(2)20-39(8,48)35(56-38-32(45)29(43(11)12)19-24(3)52-38)25(4)33(26(5)37(47)54-30)55-31-21-40(9,50-14)36(28(7)53-31)51-18-16-17-42/h23-36,38,45-46,48-49H,15-22,42H2,1-14H3/t23-,24-,25+,26-,27-,28+,29+,30-,31+,32-,33+,34-,35-,36+,38+,39-,40-,41-/m1/s1. The van der Waals surface area contributed by atoms with Gasteiger partial charge in [0.1, 0.15) is 30.0 Å². The second-order valence-corrected chi connectivity index (χ2v) is 18.2. The number of ether oxygens (including phenoxy) is 7. The van der Waals surface area contributed by atoms with E-state index in [4.69, 9.17) is 38.9 Å². The summed E-state index contributed by atoms with van der Waals surface area (Å²) in [5.41, 5.74) is 1.55. The summed E-state index contributed by atoms with van der Waals surface area (Å²) in [6.07, 6.45) is -6.55. The topological polar surface area (TPSA) is 195 Å². The zero-order chi connectivity index (χ0) is 42.5. The summed E-state index contributed by atoms with van der Waals surface area (Å²) < 4.78 is 44.7. The van der Waals surface area contributed by atoms with E-state index < -0.39 is 96.0 Å². The maximum absolute atomic E-state index is 14.4. The van der Waals surface area contributed by atoms with Crippen LogP contribution in [0.4, 0.5) is 0 Å². The Kier molecular flexibility index (Phi) is 18.0. The molecule has 330 valence electrons. The maximum atomic E-state index is 14.4. The number of rotatable bonds is 11. The number of hydrogen-bond donors (Lipinski definition) is 5. The first-order chi connectivity index (χ1) is 25.9. The fourth-order valence-corrected chi connectivity index (χ4v) is 9.33. The minimum absolute atomic E-state index is 0.138. The largest absolute Gasteiger partial charge is 0.459 e. The third kappa shape index (κ3) is 11.6. The predicted molar refractivity (Wildman–Crippen MR) is 212 cm³/mol. The van der Waals surface area contributed by atoms with Gasteiger partial charge >= 0.3 is 5.97 Å². The molecule has 18 atom stereocenters. The molecule has 0 radical (unpaired) electrons. The van der Waals surface area contributed by atoms with Crippen LogP contribution in [0.3, 0.4) is 0 Å². The lowest BCUT2D eigenvalue weighted by atomic mass is 9.77. The molecule has 0 amide bonds. The number of carbonyl (C=O) groups excluding carboxylic acids is 1. The Morgan fingerprint density at radius 1 is 0.982 bits per heavy atom. The fraction of sp³-hybridized carbons (Fsp3) is 0.976. The summed E-state index contributed by atoms with van der Waals surface area (Å²) in [5.74, 6) is -2.53. The summed E-state index contributed by atoms with van der Waals surface area (Å²) in [4.78, 5) is 18.2. The molecule has 0 aliphatic carbocycles. The lowest BCUT2D eigenvalue weighted by Gasteiger charge is -2.49. The average molecular weight is 806 g/mol. The van der Waals surface area contributed by atoms with E-state index >= 15 is 0 Å². The Hall–Kier alpha value is -1.05. The molecule has 56 heavy (non-hydrogen) atoms. The van der Waals surface area contributed by atoms with Crippen molar-refractivity contribution in [3.8, 4) is 0 Å². The van der Waals surface area contributed by atoms with Crippen molar-refractivity contribution in [2.45, 2.75) is 192 Å². The number of nitrogens with zero attached hydrogens (tertiary/aromatic N) is 2. The second kappa shape index (κ2) is 20.5. The normalized spacial score (nSPS) is 46.9.